The zero-order valence-corrected chi connectivity index (χ0v) is 14.3. The van der Waals surface area contributed by atoms with E-state index in [1.54, 1.807) is 25.1 Å². The van der Waals surface area contributed by atoms with Crippen LogP contribution in [0, 0.1) is 11.3 Å². The molecule has 5 heteroatoms. The molecule has 0 aromatic heterocycles. The summed E-state index contributed by atoms with van der Waals surface area (Å²) < 4.78 is 0. The fraction of sp³-hybridized carbons (Fsp3) is 0.105. The zero-order chi connectivity index (χ0) is 17.7. The highest BCUT2D eigenvalue weighted by Gasteiger charge is 2.07. The molecule has 0 saturated heterocycles. The summed E-state index contributed by atoms with van der Waals surface area (Å²) in [6.07, 6.45) is 1.66. The number of nitrogens with two attached hydrogens (primary N) is 1. The average Bonchev–Trinajstić information content (AvgIpc) is 2.59. The Kier molecular flexibility index (Phi) is 5.46. The van der Waals surface area contributed by atoms with Gasteiger partial charge in [-0.1, -0.05) is 48.6 Å². The highest BCUT2D eigenvalue weighted by Crippen LogP contribution is 2.21. The van der Waals surface area contributed by atoms with E-state index >= 15 is 0 Å². The summed E-state index contributed by atoms with van der Waals surface area (Å²) in [6.45, 7) is 0. The van der Waals surface area contributed by atoms with Crippen LogP contribution in [0.1, 0.15) is 15.9 Å². The second kappa shape index (κ2) is 7.53. The van der Waals surface area contributed by atoms with Crippen molar-refractivity contribution in [2.24, 2.45) is 5.73 Å². The molecule has 0 heterocycles. The van der Waals surface area contributed by atoms with Crippen LogP contribution >= 0.6 is 12.2 Å². The van der Waals surface area contributed by atoms with Crippen molar-refractivity contribution in [1.82, 2.24) is 4.90 Å². The molecule has 2 rings (SSSR count). The molecule has 0 aliphatic rings. The second-order valence-electron chi connectivity index (χ2n) is 5.43. The van der Waals surface area contributed by atoms with E-state index in [-0.39, 0.29) is 16.5 Å². The Bertz CT molecular complexity index is 828. The largest absolute Gasteiger partial charge is 0.389 e. The minimum atomic E-state index is -0.0242. The molecule has 0 unspecified atom stereocenters. The molecule has 120 valence electrons. The first-order chi connectivity index (χ1) is 11.4. The number of nitriles is 1. The van der Waals surface area contributed by atoms with Gasteiger partial charge in [0, 0.05) is 19.7 Å². The first kappa shape index (κ1) is 17.4. The molecule has 0 spiro atoms. The van der Waals surface area contributed by atoms with E-state index in [1.807, 2.05) is 54.6 Å². The smallest absolute Gasteiger partial charge is 0.253 e. The number of thiocarbonyl (C=S) groups is 1. The maximum atomic E-state index is 11.9. The maximum absolute atomic E-state index is 11.9. The van der Waals surface area contributed by atoms with Crippen LogP contribution in [-0.2, 0) is 0 Å². The van der Waals surface area contributed by atoms with E-state index in [0.29, 0.717) is 5.56 Å². The molecule has 0 aliphatic heterocycles. The van der Waals surface area contributed by atoms with Crippen LogP contribution in [0.15, 0.2) is 54.1 Å². The Balaban J connectivity index is 2.24. The van der Waals surface area contributed by atoms with Crippen molar-refractivity contribution in [2.75, 3.05) is 14.1 Å². The van der Waals surface area contributed by atoms with Gasteiger partial charge in [0.2, 0.25) is 0 Å². The van der Waals surface area contributed by atoms with E-state index in [9.17, 15) is 4.79 Å². The molecule has 1 amide bonds. The van der Waals surface area contributed by atoms with Gasteiger partial charge in [0.25, 0.3) is 5.91 Å². The molecule has 0 bridgehead atoms. The van der Waals surface area contributed by atoms with Gasteiger partial charge in [-0.05, 0) is 34.9 Å². The van der Waals surface area contributed by atoms with Crippen molar-refractivity contribution in [2.45, 2.75) is 0 Å². The predicted molar refractivity (Wildman–Crippen MR) is 100 cm³/mol. The summed E-state index contributed by atoms with van der Waals surface area (Å²) in [5.74, 6) is -0.0242. The molecule has 0 fully saturated rings. The summed E-state index contributed by atoms with van der Waals surface area (Å²) in [6, 6.07) is 17.1. The minimum absolute atomic E-state index is 0.0242. The van der Waals surface area contributed by atoms with Crippen molar-refractivity contribution < 1.29 is 4.79 Å². The van der Waals surface area contributed by atoms with Gasteiger partial charge in [0.1, 0.15) is 11.1 Å². The van der Waals surface area contributed by atoms with Crippen LogP contribution in [0.2, 0.25) is 0 Å². The van der Waals surface area contributed by atoms with E-state index in [2.05, 4.69) is 0 Å². The Labute approximate surface area is 146 Å². The predicted octanol–water partition coefficient (Wildman–Crippen LogP) is 3.25. The third-order valence-electron chi connectivity index (χ3n) is 3.48. The lowest BCUT2D eigenvalue weighted by atomic mass is 10.0. The first-order valence-electron chi connectivity index (χ1n) is 7.26. The number of rotatable bonds is 4. The fourth-order valence-corrected chi connectivity index (χ4v) is 2.26. The summed E-state index contributed by atoms with van der Waals surface area (Å²) in [4.78, 5) is 13.5. The topological polar surface area (TPSA) is 70.1 Å². The summed E-state index contributed by atoms with van der Waals surface area (Å²) in [7, 11) is 3.45. The lowest BCUT2D eigenvalue weighted by Gasteiger charge is -2.10. The number of hydrogen-bond donors (Lipinski definition) is 1. The third kappa shape index (κ3) is 4.06. The van der Waals surface area contributed by atoms with Crippen molar-refractivity contribution in [1.29, 1.82) is 5.26 Å². The van der Waals surface area contributed by atoms with E-state index < -0.39 is 0 Å². The van der Waals surface area contributed by atoms with Crippen LogP contribution in [0.25, 0.3) is 17.2 Å². The monoisotopic (exact) mass is 335 g/mol. The van der Waals surface area contributed by atoms with Gasteiger partial charge in [0.15, 0.2) is 0 Å². The molecule has 0 saturated carbocycles. The fourth-order valence-electron chi connectivity index (χ4n) is 2.16. The zero-order valence-electron chi connectivity index (χ0n) is 13.5. The molecule has 2 N–H and O–H groups in total. The number of hydrogen-bond acceptors (Lipinski definition) is 3. The lowest BCUT2D eigenvalue weighted by Crippen LogP contribution is -2.21. The Hall–Kier alpha value is -2.97. The quantitative estimate of drug-likeness (QED) is 0.529. The first-order valence-corrected chi connectivity index (χ1v) is 7.67. The SMILES string of the molecule is CN(C)C(=O)c1ccc(-c2ccc(C=C(C#N)C(N)=S)cc2)cc1. The van der Waals surface area contributed by atoms with Crippen LogP contribution in [0.3, 0.4) is 0 Å². The van der Waals surface area contributed by atoms with Crippen molar-refractivity contribution in [3.05, 3.63) is 65.2 Å². The molecule has 2 aromatic rings. The number of benzene rings is 2. The van der Waals surface area contributed by atoms with Crippen LogP contribution in [0.5, 0.6) is 0 Å². The second-order valence-corrected chi connectivity index (χ2v) is 5.87. The summed E-state index contributed by atoms with van der Waals surface area (Å²) in [5.41, 5.74) is 9.30. The molecule has 2 aromatic carbocycles. The molecule has 0 aliphatic carbocycles. The number of nitrogens with zero attached hydrogens (tertiary/aromatic N) is 2. The minimum Gasteiger partial charge on any atom is -0.389 e. The number of carbonyl (C=O) groups excluding carboxylic acids is 1. The standard InChI is InChI=1S/C19H17N3OS/c1-22(2)19(23)16-9-7-15(8-10-16)14-5-3-13(4-6-14)11-17(12-20)18(21)24/h3-11H,1-2H3,(H2,21,24). The Morgan fingerprint density at radius 2 is 1.58 bits per heavy atom. The molecule has 0 atom stereocenters. The number of amides is 1. The van der Waals surface area contributed by atoms with Crippen molar-refractivity contribution in [3.8, 4) is 17.2 Å². The van der Waals surface area contributed by atoms with Crippen LogP contribution in [0.4, 0.5) is 0 Å². The summed E-state index contributed by atoms with van der Waals surface area (Å²) in [5, 5.41) is 8.98. The highest BCUT2D eigenvalue weighted by molar-refractivity contribution is 7.80. The van der Waals surface area contributed by atoms with E-state index in [0.717, 1.165) is 16.7 Å². The molecule has 4 nitrogen and oxygen atoms in total. The van der Waals surface area contributed by atoms with Crippen molar-refractivity contribution in [3.63, 3.8) is 0 Å². The van der Waals surface area contributed by atoms with Gasteiger partial charge in [-0.25, -0.2) is 0 Å². The average molecular weight is 335 g/mol. The highest BCUT2D eigenvalue weighted by atomic mass is 32.1. The summed E-state index contributed by atoms with van der Waals surface area (Å²) >= 11 is 4.83. The molecule has 0 radical (unpaired) electrons. The third-order valence-corrected chi connectivity index (χ3v) is 3.70. The Morgan fingerprint density at radius 3 is 2.00 bits per heavy atom. The van der Waals surface area contributed by atoms with Gasteiger partial charge >= 0.3 is 0 Å². The van der Waals surface area contributed by atoms with Gasteiger partial charge in [-0.3, -0.25) is 4.79 Å². The van der Waals surface area contributed by atoms with Gasteiger partial charge < -0.3 is 10.6 Å². The molecular formula is C19H17N3OS. The Morgan fingerprint density at radius 1 is 1.08 bits per heavy atom. The number of carbonyl (C=O) groups is 1. The van der Waals surface area contributed by atoms with Crippen LogP contribution < -0.4 is 5.73 Å². The van der Waals surface area contributed by atoms with Gasteiger partial charge in [-0.15, -0.1) is 0 Å². The molecule has 24 heavy (non-hydrogen) atoms. The van der Waals surface area contributed by atoms with Crippen molar-refractivity contribution >= 4 is 29.2 Å². The van der Waals surface area contributed by atoms with Gasteiger partial charge in [-0.2, -0.15) is 5.26 Å². The lowest BCUT2D eigenvalue weighted by molar-refractivity contribution is 0.0827. The van der Waals surface area contributed by atoms with E-state index in [4.69, 9.17) is 23.2 Å². The van der Waals surface area contributed by atoms with Gasteiger partial charge in [0.05, 0.1) is 5.57 Å². The van der Waals surface area contributed by atoms with Crippen LogP contribution in [-0.4, -0.2) is 29.9 Å². The van der Waals surface area contributed by atoms with E-state index in [1.165, 1.54) is 0 Å². The molecular weight excluding hydrogens is 318 g/mol. The maximum Gasteiger partial charge on any atom is 0.253 e. The normalized spacial score (nSPS) is 10.8.